The highest BCUT2D eigenvalue weighted by atomic mass is 35.5. The Balaban J connectivity index is 1.91. The van der Waals surface area contributed by atoms with Crippen molar-refractivity contribution in [1.82, 2.24) is 15.5 Å². The molecule has 1 fully saturated rings. The normalized spacial score (nSPS) is 22.1. The third-order valence-electron chi connectivity index (χ3n) is 4.34. The summed E-state index contributed by atoms with van der Waals surface area (Å²) < 4.78 is 0. The van der Waals surface area contributed by atoms with E-state index < -0.39 is 0 Å². The molecule has 1 saturated heterocycles. The quantitative estimate of drug-likeness (QED) is 0.795. The molecule has 4 nitrogen and oxygen atoms in total. The van der Waals surface area contributed by atoms with Gasteiger partial charge in [0, 0.05) is 36.8 Å². The van der Waals surface area contributed by atoms with Crippen molar-refractivity contribution in [2.75, 3.05) is 19.6 Å². The van der Waals surface area contributed by atoms with Crippen LogP contribution in [-0.4, -0.2) is 48.6 Å². The van der Waals surface area contributed by atoms with Crippen LogP contribution in [-0.2, 0) is 4.79 Å². The van der Waals surface area contributed by atoms with E-state index in [0.717, 1.165) is 23.6 Å². The van der Waals surface area contributed by atoms with Crippen LogP contribution in [0.5, 0.6) is 0 Å². The fraction of sp³-hybridized carbons (Fsp3) is 0.526. The van der Waals surface area contributed by atoms with Crippen LogP contribution >= 0.6 is 11.6 Å². The lowest BCUT2D eigenvalue weighted by Gasteiger charge is -2.27. The largest absolute Gasteiger partial charge is 0.355 e. The summed E-state index contributed by atoms with van der Waals surface area (Å²) in [7, 11) is 0. The van der Waals surface area contributed by atoms with Gasteiger partial charge in [0.2, 0.25) is 5.91 Å². The number of benzene rings is 1. The van der Waals surface area contributed by atoms with Crippen molar-refractivity contribution in [2.24, 2.45) is 0 Å². The highest BCUT2D eigenvalue weighted by molar-refractivity contribution is 6.31. The molecular formula is C19H28ClN3O. The van der Waals surface area contributed by atoms with Gasteiger partial charge in [-0.05, 0) is 38.8 Å². The van der Waals surface area contributed by atoms with Crippen LogP contribution < -0.4 is 10.6 Å². The van der Waals surface area contributed by atoms with E-state index in [9.17, 15) is 4.79 Å². The van der Waals surface area contributed by atoms with Gasteiger partial charge in [0.05, 0.1) is 6.04 Å². The summed E-state index contributed by atoms with van der Waals surface area (Å²) in [5.41, 5.74) is 1.10. The van der Waals surface area contributed by atoms with Gasteiger partial charge in [-0.1, -0.05) is 41.9 Å². The Morgan fingerprint density at radius 2 is 2.08 bits per heavy atom. The molecule has 1 aromatic carbocycles. The van der Waals surface area contributed by atoms with Gasteiger partial charge in [0.15, 0.2) is 0 Å². The molecule has 1 amide bonds. The lowest BCUT2D eigenvalue weighted by Crippen LogP contribution is -2.46. The number of amides is 1. The van der Waals surface area contributed by atoms with Crippen molar-refractivity contribution in [3.8, 4) is 0 Å². The van der Waals surface area contributed by atoms with E-state index in [2.05, 4.69) is 29.4 Å². The Hall–Kier alpha value is -1.36. The summed E-state index contributed by atoms with van der Waals surface area (Å²) in [5, 5.41) is 7.21. The molecule has 5 heteroatoms. The lowest BCUT2D eigenvalue weighted by molar-refractivity contribution is -0.125. The van der Waals surface area contributed by atoms with Gasteiger partial charge in [0.1, 0.15) is 0 Å². The number of rotatable bonds is 7. The van der Waals surface area contributed by atoms with E-state index in [1.54, 1.807) is 0 Å². The van der Waals surface area contributed by atoms with Crippen molar-refractivity contribution in [1.29, 1.82) is 0 Å². The van der Waals surface area contributed by atoms with Crippen LogP contribution in [0.2, 0.25) is 0 Å². The number of nitrogens with one attached hydrogen (secondary N) is 2. The number of carbonyl (C=O) groups is 1. The summed E-state index contributed by atoms with van der Waals surface area (Å²) in [4.78, 5) is 14.5. The standard InChI is InChI=1S/C19H28ClN3O/c1-4-21-19(24)18-11-17(13-23(18)14(2)3)22-12-16(20)10-15-8-6-5-7-9-15/h5-10,14,17-18,22H,4,11-13H2,1-3H3,(H,21,24)/b16-10-/t17-,18-/m0/s1. The van der Waals surface area contributed by atoms with Gasteiger partial charge in [-0.3, -0.25) is 9.69 Å². The Labute approximate surface area is 150 Å². The topological polar surface area (TPSA) is 44.4 Å². The van der Waals surface area contributed by atoms with Crippen LogP contribution in [0.25, 0.3) is 6.08 Å². The van der Waals surface area contributed by atoms with Crippen molar-refractivity contribution in [2.45, 2.75) is 45.3 Å². The highest BCUT2D eigenvalue weighted by Gasteiger charge is 2.37. The molecule has 132 valence electrons. The molecule has 24 heavy (non-hydrogen) atoms. The van der Waals surface area contributed by atoms with Crippen LogP contribution in [0, 0.1) is 0 Å². The first kappa shape index (κ1) is 19.0. The minimum absolute atomic E-state index is 0.0562. The Morgan fingerprint density at radius 1 is 1.38 bits per heavy atom. The van der Waals surface area contributed by atoms with Gasteiger partial charge in [-0.25, -0.2) is 0 Å². The Kier molecular flexibility index (Phi) is 7.28. The number of hydrogen-bond donors (Lipinski definition) is 2. The van der Waals surface area contributed by atoms with E-state index in [-0.39, 0.29) is 18.0 Å². The first-order chi connectivity index (χ1) is 11.5. The zero-order valence-corrected chi connectivity index (χ0v) is 15.5. The van der Waals surface area contributed by atoms with Crippen LogP contribution in [0.4, 0.5) is 0 Å². The average Bonchev–Trinajstić information content (AvgIpc) is 2.99. The smallest absolute Gasteiger partial charge is 0.237 e. The maximum absolute atomic E-state index is 12.3. The van der Waals surface area contributed by atoms with Crippen molar-refractivity contribution in [3.05, 3.63) is 40.9 Å². The number of halogens is 1. The Morgan fingerprint density at radius 3 is 2.71 bits per heavy atom. The van der Waals surface area contributed by atoms with Crippen LogP contribution in [0.15, 0.2) is 35.4 Å². The lowest BCUT2D eigenvalue weighted by atomic mass is 10.1. The minimum Gasteiger partial charge on any atom is -0.355 e. The molecule has 0 saturated carbocycles. The second kappa shape index (κ2) is 9.21. The van der Waals surface area contributed by atoms with Gasteiger partial charge in [-0.2, -0.15) is 0 Å². The zero-order chi connectivity index (χ0) is 17.5. The molecule has 1 aromatic rings. The summed E-state index contributed by atoms with van der Waals surface area (Å²) in [6, 6.07) is 10.6. The number of likely N-dealkylation sites (N-methyl/N-ethyl adjacent to an activating group) is 1. The molecule has 0 aromatic heterocycles. The second-order valence-electron chi connectivity index (χ2n) is 6.52. The fourth-order valence-electron chi connectivity index (χ4n) is 3.15. The summed E-state index contributed by atoms with van der Waals surface area (Å²) in [6.07, 6.45) is 2.80. The summed E-state index contributed by atoms with van der Waals surface area (Å²) >= 11 is 6.35. The SMILES string of the molecule is CCNC(=O)[C@@H]1C[C@H](NC/C(Cl)=C/c2ccccc2)CN1C(C)C. The number of hydrogen-bond acceptors (Lipinski definition) is 3. The highest BCUT2D eigenvalue weighted by Crippen LogP contribution is 2.21. The first-order valence-electron chi connectivity index (χ1n) is 8.69. The number of carbonyl (C=O) groups excluding carboxylic acids is 1. The molecule has 1 aliphatic heterocycles. The molecule has 0 aliphatic carbocycles. The predicted octanol–water partition coefficient (Wildman–Crippen LogP) is 2.84. The molecule has 0 spiro atoms. The van der Waals surface area contributed by atoms with Gasteiger partial charge < -0.3 is 10.6 Å². The van der Waals surface area contributed by atoms with E-state index in [1.165, 1.54) is 0 Å². The second-order valence-corrected chi connectivity index (χ2v) is 7.00. The average molecular weight is 350 g/mol. The fourth-order valence-corrected chi connectivity index (χ4v) is 3.36. The first-order valence-corrected chi connectivity index (χ1v) is 9.07. The van der Waals surface area contributed by atoms with Gasteiger partial charge in [0.25, 0.3) is 0 Å². The maximum Gasteiger partial charge on any atom is 0.237 e. The van der Waals surface area contributed by atoms with Crippen molar-refractivity contribution < 1.29 is 4.79 Å². The molecule has 0 unspecified atom stereocenters. The molecule has 2 rings (SSSR count). The van der Waals surface area contributed by atoms with Crippen molar-refractivity contribution in [3.63, 3.8) is 0 Å². The van der Waals surface area contributed by atoms with Gasteiger partial charge in [-0.15, -0.1) is 0 Å². The third-order valence-corrected chi connectivity index (χ3v) is 4.58. The number of likely N-dealkylation sites (tertiary alicyclic amines) is 1. The van der Waals surface area contributed by atoms with Crippen molar-refractivity contribution >= 4 is 23.6 Å². The van der Waals surface area contributed by atoms with Crippen LogP contribution in [0.1, 0.15) is 32.8 Å². The molecule has 0 bridgehead atoms. The maximum atomic E-state index is 12.3. The van der Waals surface area contributed by atoms with E-state index in [4.69, 9.17) is 11.6 Å². The zero-order valence-electron chi connectivity index (χ0n) is 14.8. The van der Waals surface area contributed by atoms with Crippen LogP contribution in [0.3, 0.4) is 0 Å². The molecule has 1 aliphatic rings. The molecule has 1 heterocycles. The Bertz CT molecular complexity index is 559. The monoisotopic (exact) mass is 349 g/mol. The molecule has 2 N–H and O–H groups in total. The summed E-state index contributed by atoms with van der Waals surface area (Å²) in [6.45, 7) is 8.39. The van der Waals surface area contributed by atoms with E-state index in [0.29, 0.717) is 19.1 Å². The van der Waals surface area contributed by atoms with E-state index >= 15 is 0 Å². The molecule has 0 radical (unpaired) electrons. The summed E-state index contributed by atoms with van der Waals surface area (Å²) in [5.74, 6) is 0.126. The van der Waals surface area contributed by atoms with E-state index in [1.807, 2.05) is 43.3 Å². The van der Waals surface area contributed by atoms with Gasteiger partial charge >= 0.3 is 0 Å². The predicted molar refractivity (Wildman–Crippen MR) is 101 cm³/mol. The molecule has 2 atom stereocenters. The third kappa shape index (κ3) is 5.33. The minimum atomic E-state index is -0.0562. The molecular weight excluding hydrogens is 322 g/mol. The number of nitrogens with zero attached hydrogens (tertiary/aromatic N) is 1.